The summed E-state index contributed by atoms with van der Waals surface area (Å²) in [4.78, 5) is 4.20. The molecule has 2 heterocycles. The summed E-state index contributed by atoms with van der Waals surface area (Å²) in [6.07, 6.45) is 1.69. The Morgan fingerprint density at radius 1 is 1.50 bits per heavy atom. The molecule has 1 aromatic heterocycles. The lowest BCUT2D eigenvalue weighted by Gasteiger charge is -1.91. The van der Waals surface area contributed by atoms with Crippen LogP contribution in [0.4, 0.5) is 0 Å². The summed E-state index contributed by atoms with van der Waals surface area (Å²) in [5.74, 6) is 0. The van der Waals surface area contributed by atoms with Crippen molar-refractivity contribution in [2.75, 3.05) is 0 Å². The lowest BCUT2D eigenvalue weighted by Crippen LogP contribution is -1.93. The zero-order chi connectivity index (χ0) is 6.97. The maximum atomic E-state index is 4.20. The first-order valence-corrected chi connectivity index (χ1v) is 3.96. The molecule has 0 atom stereocenters. The van der Waals surface area contributed by atoms with Crippen LogP contribution in [-0.4, -0.2) is 13.9 Å². The Labute approximate surface area is 71.7 Å². The summed E-state index contributed by atoms with van der Waals surface area (Å²) in [5, 5.41) is 7.70. The van der Waals surface area contributed by atoms with Crippen molar-refractivity contribution in [2.45, 2.75) is 6.54 Å². The standard InChI is InChI=1S/C6H4IN3/c7-6-4-1-2-9-10-5(4)3-8-6/h1-2H,3H2. The minimum atomic E-state index is 0.696. The zero-order valence-electron chi connectivity index (χ0n) is 5.08. The molecule has 50 valence electrons. The Balaban J connectivity index is 2.61. The summed E-state index contributed by atoms with van der Waals surface area (Å²) in [7, 11) is 0. The summed E-state index contributed by atoms with van der Waals surface area (Å²) in [6, 6.07) is 1.95. The van der Waals surface area contributed by atoms with Crippen molar-refractivity contribution >= 4 is 26.3 Å². The predicted molar refractivity (Wildman–Crippen MR) is 46.3 cm³/mol. The molecular weight excluding hydrogens is 241 g/mol. The Hall–Kier alpha value is -0.520. The van der Waals surface area contributed by atoms with Gasteiger partial charge in [-0.3, -0.25) is 4.99 Å². The minimum absolute atomic E-state index is 0.696. The van der Waals surface area contributed by atoms with Crippen molar-refractivity contribution in [3.05, 3.63) is 23.5 Å². The third kappa shape index (κ3) is 0.828. The molecule has 0 saturated carbocycles. The number of nitrogens with zero attached hydrogens (tertiary/aromatic N) is 3. The average Bonchev–Trinajstić information content (AvgIpc) is 2.34. The molecule has 10 heavy (non-hydrogen) atoms. The second-order valence-electron chi connectivity index (χ2n) is 2.00. The lowest BCUT2D eigenvalue weighted by molar-refractivity contribution is 0.917. The van der Waals surface area contributed by atoms with E-state index >= 15 is 0 Å². The summed E-state index contributed by atoms with van der Waals surface area (Å²) < 4.78 is 1.04. The van der Waals surface area contributed by atoms with Crippen LogP contribution in [-0.2, 0) is 6.54 Å². The Morgan fingerprint density at radius 2 is 2.40 bits per heavy atom. The van der Waals surface area contributed by atoms with Gasteiger partial charge in [0.1, 0.15) is 3.72 Å². The minimum Gasteiger partial charge on any atom is -0.272 e. The lowest BCUT2D eigenvalue weighted by atomic mass is 10.3. The zero-order valence-corrected chi connectivity index (χ0v) is 7.24. The van der Waals surface area contributed by atoms with Crippen LogP contribution in [0.2, 0.25) is 0 Å². The summed E-state index contributed by atoms with van der Waals surface area (Å²) in [6.45, 7) is 0.696. The molecule has 0 aromatic carbocycles. The van der Waals surface area contributed by atoms with Crippen molar-refractivity contribution in [3.63, 3.8) is 0 Å². The van der Waals surface area contributed by atoms with Crippen molar-refractivity contribution in [3.8, 4) is 0 Å². The third-order valence-corrected chi connectivity index (χ3v) is 2.31. The highest BCUT2D eigenvalue weighted by atomic mass is 127. The van der Waals surface area contributed by atoms with Crippen LogP contribution >= 0.6 is 22.6 Å². The topological polar surface area (TPSA) is 38.1 Å². The van der Waals surface area contributed by atoms with Gasteiger partial charge in [-0.2, -0.15) is 10.2 Å². The van der Waals surface area contributed by atoms with E-state index < -0.39 is 0 Å². The van der Waals surface area contributed by atoms with E-state index in [2.05, 4.69) is 37.8 Å². The molecule has 0 unspecified atom stereocenters. The molecule has 0 fully saturated rings. The van der Waals surface area contributed by atoms with Crippen molar-refractivity contribution in [1.82, 2.24) is 10.2 Å². The van der Waals surface area contributed by atoms with Gasteiger partial charge in [0.15, 0.2) is 0 Å². The average molecular weight is 245 g/mol. The highest BCUT2D eigenvalue weighted by Crippen LogP contribution is 2.18. The number of hydrogen-bond acceptors (Lipinski definition) is 3. The second kappa shape index (κ2) is 2.26. The number of aliphatic imine (C=N–C) groups is 1. The smallest absolute Gasteiger partial charge is 0.105 e. The van der Waals surface area contributed by atoms with Gasteiger partial charge in [0.25, 0.3) is 0 Å². The highest BCUT2D eigenvalue weighted by molar-refractivity contribution is 14.1. The van der Waals surface area contributed by atoms with E-state index in [0.29, 0.717) is 6.54 Å². The monoisotopic (exact) mass is 245 g/mol. The third-order valence-electron chi connectivity index (χ3n) is 1.39. The molecule has 1 aliphatic heterocycles. The van der Waals surface area contributed by atoms with Crippen molar-refractivity contribution < 1.29 is 0 Å². The molecule has 0 aliphatic carbocycles. The van der Waals surface area contributed by atoms with Gasteiger partial charge in [-0.15, -0.1) is 0 Å². The molecule has 0 bridgehead atoms. The van der Waals surface area contributed by atoms with E-state index in [0.717, 1.165) is 15.0 Å². The molecule has 0 radical (unpaired) electrons. The Bertz CT molecular complexity index is 295. The molecule has 3 nitrogen and oxygen atoms in total. The number of fused-ring (bicyclic) bond motifs is 1. The molecule has 2 rings (SSSR count). The first kappa shape index (κ1) is 6.21. The largest absolute Gasteiger partial charge is 0.272 e. The van der Waals surface area contributed by atoms with Crippen LogP contribution in [0.15, 0.2) is 17.3 Å². The maximum absolute atomic E-state index is 4.20. The van der Waals surface area contributed by atoms with Crippen molar-refractivity contribution in [2.24, 2.45) is 4.99 Å². The Kier molecular flexibility index (Phi) is 1.40. The summed E-state index contributed by atoms with van der Waals surface area (Å²) >= 11 is 2.21. The van der Waals surface area contributed by atoms with Gasteiger partial charge in [0, 0.05) is 5.56 Å². The van der Waals surface area contributed by atoms with Gasteiger partial charge in [-0.05, 0) is 28.7 Å². The quantitative estimate of drug-likeness (QED) is 0.643. The van der Waals surface area contributed by atoms with Crippen LogP contribution in [0, 0.1) is 0 Å². The van der Waals surface area contributed by atoms with Gasteiger partial charge in [-0.1, -0.05) is 0 Å². The van der Waals surface area contributed by atoms with Gasteiger partial charge >= 0.3 is 0 Å². The van der Waals surface area contributed by atoms with E-state index in [4.69, 9.17) is 0 Å². The maximum Gasteiger partial charge on any atom is 0.105 e. The van der Waals surface area contributed by atoms with Crippen molar-refractivity contribution in [1.29, 1.82) is 0 Å². The van der Waals surface area contributed by atoms with E-state index in [-0.39, 0.29) is 0 Å². The Morgan fingerprint density at radius 3 is 3.20 bits per heavy atom. The number of rotatable bonds is 0. The second-order valence-corrected chi connectivity index (χ2v) is 3.02. The molecule has 0 amide bonds. The van der Waals surface area contributed by atoms with Gasteiger partial charge in [0.2, 0.25) is 0 Å². The molecule has 1 aliphatic rings. The molecule has 0 N–H and O–H groups in total. The van der Waals surface area contributed by atoms with Gasteiger partial charge in [-0.25, -0.2) is 0 Å². The molecule has 0 spiro atoms. The van der Waals surface area contributed by atoms with Crippen LogP contribution in [0.3, 0.4) is 0 Å². The van der Waals surface area contributed by atoms with Crippen LogP contribution < -0.4 is 0 Å². The summed E-state index contributed by atoms with van der Waals surface area (Å²) in [5.41, 5.74) is 2.13. The first-order valence-electron chi connectivity index (χ1n) is 2.89. The normalized spacial score (nSPS) is 14.7. The molecular formula is C6H4IN3. The molecule has 1 aromatic rings. The predicted octanol–water partition coefficient (Wildman–Crippen LogP) is 1.17. The van der Waals surface area contributed by atoms with E-state index in [9.17, 15) is 0 Å². The SMILES string of the molecule is IC1=NCc2nnccc21. The van der Waals surface area contributed by atoms with Gasteiger partial charge < -0.3 is 0 Å². The highest BCUT2D eigenvalue weighted by Gasteiger charge is 2.13. The fourth-order valence-corrected chi connectivity index (χ4v) is 1.56. The number of hydrogen-bond donors (Lipinski definition) is 0. The molecule has 0 saturated heterocycles. The van der Waals surface area contributed by atoms with Gasteiger partial charge in [0.05, 0.1) is 18.4 Å². The number of halogens is 1. The van der Waals surface area contributed by atoms with Crippen LogP contribution in [0.25, 0.3) is 0 Å². The van der Waals surface area contributed by atoms with E-state index in [1.165, 1.54) is 0 Å². The van der Waals surface area contributed by atoms with E-state index in [1.807, 2.05) is 6.07 Å². The molecule has 4 heteroatoms. The number of aromatic nitrogens is 2. The first-order chi connectivity index (χ1) is 4.88. The fraction of sp³-hybridized carbons (Fsp3) is 0.167. The van der Waals surface area contributed by atoms with Crippen LogP contribution in [0.5, 0.6) is 0 Å². The van der Waals surface area contributed by atoms with E-state index in [1.54, 1.807) is 6.20 Å². The van der Waals surface area contributed by atoms with Crippen LogP contribution in [0.1, 0.15) is 11.3 Å². The fourth-order valence-electron chi connectivity index (χ4n) is 0.895.